The number of carbonyl (C=O) groups is 4. The van der Waals surface area contributed by atoms with Crippen LogP contribution < -0.4 is 31.6 Å². The van der Waals surface area contributed by atoms with E-state index in [1.165, 1.54) is 22.8 Å². The van der Waals surface area contributed by atoms with Crippen LogP contribution in [0.15, 0.2) is 47.3 Å². The van der Waals surface area contributed by atoms with Crippen LogP contribution in [0.5, 0.6) is 6.01 Å². The van der Waals surface area contributed by atoms with E-state index in [0.717, 1.165) is 29.4 Å². The molecule has 0 radical (unpaired) electrons. The van der Waals surface area contributed by atoms with Crippen molar-refractivity contribution < 1.29 is 56.1 Å². The molecule has 5 unspecified atom stereocenters. The predicted octanol–water partition coefficient (Wildman–Crippen LogP) is 8.60. The van der Waals surface area contributed by atoms with Crippen LogP contribution in [0.25, 0.3) is 54.4 Å². The Labute approximate surface area is 515 Å². The molecule has 0 spiro atoms. The van der Waals surface area contributed by atoms with Crippen LogP contribution in [-0.4, -0.2) is 129 Å². The molecule has 3 amide bonds. The number of cyclic esters (lactones) is 1. The maximum Gasteiger partial charge on any atom is 0.407 e. The number of piperazine rings is 1. The smallest absolute Gasteiger partial charge is 0.407 e. The number of ether oxygens (including phenoxy) is 3. The Morgan fingerprint density at radius 3 is 2.64 bits per heavy atom. The molecular weight excluding hydrogens is 1200 g/mol. The molecule has 4 aromatic heterocycles. The number of nitrogens with one attached hydrogen (secondary N) is 2. The Balaban J connectivity index is 0.655. The highest BCUT2D eigenvalue weighted by atomic mass is 35.5. The molecule has 7 aromatic rings. The largest absolute Gasteiger partial charge is 0.461 e. The zero-order chi connectivity index (χ0) is 62.7. The number of aliphatic hydroxyl groups is 1. The SMILES string of the molecule is C=C(COC(=O)NCCCC(=O)NC1CCc2c(C)c(F)cc3nc4c(c1c23)Cn1c-4cc2c(c1=O)COC(=O)C2(O)CC)C(=O)N1CCN(c2nc(OCC34CCCN3CC(F)C4)nc3c(F)c(-c4ccc(F)c5sc(N)c(C#N)c45)c(Cl)cc23)C(C)C1. The molecule has 89 heavy (non-hydrogen) atoms. The zero-order valence-electron chi connectivity index (χ0n) is 48.7. The van der Waals surface area contributed by atoms with Gasteiger partial charge in [-0.05, 0) is 99.4 Å². The minimum atomic E-state index is -2.05. The average Bonchev–Trinajstić information content (AvgIpc) is 1.65. The van der Waals surface area contributed by atoms with Gasteiger partial charge in [0, 0.05) is 96.1 Å². The van der Waals surface area contributed by atoms with Crippen LogP contribution in [0, 0.1) is 35.7 Å². The molecule has 20 nitrogen and oxygen atoms in total. The van der Waals surface area contributed by atoms with Crippen molar-refractivity contribution in [2.45, 2.75) is 115 Å². The number of nitrogens with two attached hydrogens (primary N) is 1. The second-order valence-corrected chi connectivity index (χ2v) is 25.3. The van der Waals surface area contributed by atoms with Crippen LogP contribution in [-0.2, 0) is 49.0 Å². The summed E-state index contributed by atoms with van der Waals surface area (Å²) >= 11 is 7.83. The van der Waals surface area contributed by atoms with E-state index in [1.807, 2.05) is 17.9 Å². The molecule has 26 heteroatoms. The number of aromatic nitrogens is 4. The number of carbonyl (C=O) groups excluding carboxylic acids is 4. The number of alkyl halides is 1. The number of esters is 1. The molecule has 9 heterocycles. The van der Waals surface area contributed by atoms with E-state index in [9.17, 15) is 38.7 Å². The summed E-state index contributed by atoms with van der Waals surface area (Å²) in [5, 5.41) is 28.2. The first-order chi connectivity index (χ1) is 42.6. The topological polar surface area (TPSA) is 260 Å². The maximum absolute atomic E-state index is 17.5. The summed E-state index contributed by atoms with van der Waals surface area (Å²) in [6.07, 6.45) is 0.911. The number of aryl methyl sites for hydroxylation is 1. The van der Waals surface area contributed by atoms with Crippen molar-refractivity contribution in [3.63, 3.8) is 0 Å². The van der Waals surface area contributed by atoms with Crippen LogP contribution in [0.1, 0.15) is 104 Å². The van der Waals surface area contributed by atoms with E-state index in [2.05, 4.69) is 27.1 Å². The monoisotopic (exact) mass is 1260 g/mol. The highest BCUT2D eigenvalue weighted by Gasteiger charge is 2.50. The first-order valence-electron chi connectivity index (χ1n) is 29.5. The van der Waals surface area contributed by atoms with Crippen molar-refractivity contribution in [1.29, 1.82) is 5.26 Å². The fourth-order valence-corrected chi connectivity index (χ4v) is 15.4. The zero-order valence-corrected chi connectivity index (χ0v) is 50.3. The van der Waals surface area contributed by atoms with Gasteiger partial charge in [-0.3, -0.25) is 19.3 Å². The third-order valence-electron chi connectivity index (χ3n) is 18.7. The summed E-state index contributed by atoms with van der Waals surface area (Å²) in [6.45, 7) is 9.86. The Kier molecular flexibility index (Phi) is 15.1. The van der Waals surface area contributed by atoms with Gasteiger partial charge >= 0.3 is 18.1 Å². The number of alkyl carbamates (subject to hydrolysis) is 1. The van der Waals surface area contributed by atoms with E-state index in [4.69, 9.17) is 41.5 Å². The number of amides is 3. The van der Waals surface area contributed by atoms with Crippen LogP contribution in [0.3, 0.4) is 0 Å². The summed E-state index contributed by atoms with van der Waals surface area (Å²) in [4.78, 5) is 87.2. The van der Waals surface area contributed by atoms with E-state index in [0.29, 0.717) is 64.8 Å². The molecule has 1 aliphatic carbocycles. The minimum absolute atomic E-state index is 0.00884. The second kappa shape index (κ2) is 22.6. The van der Waals surface area contributed by atoms with E-state index in [-0.39, 0.29) is 160 Å². The van der Waals surface area contributed by atoms with Crippen molar-refractivity contribution in [2.75, 3.05) is 63.1 Å². The number of anilines is 2. The summed E-state index contributed by atoms with van der Waals surface area (Å²) in [5.74, 6) is -3.43. The van der Waals surface area contributed by atoms with Crippen molar-refractivity contribution in [2.24, 2.45) is 0 Å². The Bertz CT molecular complexity index is 4370. The predicted molar refractivity (Wildman–Crippen MR) is 322 cm³/mol. The highest BCUT2D eigenvalue weighted by molar-refractivity contribution is 7.23. The lowest BCUT2D eigenvalue weighted by molar-refractivity contribution is -0.172. The highest BCUT2D eigenvalue weighted by Crippen LogP contribution is 2.49. The number of nitrogen functional groups attached to an aromatic ring is 1. The van der Waals surface area contributed by atoms with Crippen LogP contribution in [0.2, 0.25) is 5.02 Å². The van der Waals surface area contributed by atoms with Gasteiger partial charge in [-0.25, -0.2) is 32.1 Å². The summed E-state index contributed by atoms with van der Waals surface area (Å²) < 4.78 is 81.5. The molecule has 0 saturated carbocycles. The van der Waals surface area contributed by atoms with E-state index < -0.39 is 77.0 Å². The van der Waals surface area contributed by atoms with Gasteiger partial charge in [0.15, 0.2) is 11.4 Å². The molecule has 0 bridgehead atoms. The fourth-order valence-electron chi connectivity index (χ4n) is 14.2. The Hall–Kier alpha value is -8.44. The number of rotatable bonds is 14. The number of fused-ring (bicyclic) bond motifs is 8. The summed E-state index contributed by atoms with van der Waals surface area (Å²) in [7, 11) is 0. The number of hydrogen-bond donors (Lipinski definition) is 4. The van der Waals surface area contributed by atoms with Crippen molar-refractivity contribution in [1.82, 2.24) is 40.0 Å². The summed E-state index contributed by atoms with van der Waals surface area (Å²) in [5.41, 5.74) is 6.71. The normalized spacial score (nSPS) is 21.8. The molecule has 13 rings (SSSR count). The van der Waals surface area contributed by atoms with Crippen molar-refractivity contribution >= 4 is 89.5 Å². The lowest BCUT2D eigenvalue weighted by atomic mass is 9.81. The Morgan fingerprint density at radius 2 is 1.87 bits per heavy atom. The van der Waals surface area contributed by atoms with Gasteiger partial charge in [-0.1, -0.05) is 31.2 Å². The summed E-state index contributed by atoms with van der Waals surface area (Å²) in [6, 6.07) is 7.71. The van der Waals surface area contributed by atoms with Gasteiger partial charge in [-0.15, -0.1) is 11.3 Å². The standard InChI is InChI=1S/C63H60ClF4N11O9S/c1-5-63(85)39-19-45-52-37(25-79(45)58(82)38(39)27-86-59(63)83)50-43(12-10-33-31(4)42(67)20-44(73-52)49(33)50)72-46(80)8-6-14-71-61(84)87-26-29(2)57(81)76-16-17-78(30(3)23-76)56-35-18-40(64)48(34-9-11-41(66)54-47(34)36(22-69)55(70)89-54)51(68)53(35)74-60(75-56)88-28-62-13-7-15-77(62)24-32(65)21-62/h9,11,18-20,30,32,43,85H,2,5-8,10,12-17,21,23-28,70H2,1,3-4H3,(H,71,84)(H,72,80). The molecule has 462 valence electrons. The number of benzene rings is 3. The number of nitrogens with zero attached hydrogens (tertiary/aromatic N) is 8. The third-order valence-corrected chi connectivity index (χ3v) is 20.0. The number of halogens is 5. The molecular formula is C63H60ClF4N11O9S. The lowest BCUT2D eigenvalue weighted by Crippen LogP contribution is -2.54. The quantitative estimate of drug-likeness (QED) is 0.0344. The molecule has 3 saturated heterocycles. The van der Waals surface area contributed by atoms with Crippen LogP contribution in [0.4, 0.5) is 33.2 Å². The van der Waals surface area contributed by atoms with Gasteiger partial charge in [0.2, 0.25) is 5.91 Å². The van der Waals surface area contributed by atoms with Crippen molar-refractivity contribution in [3.05, 3.63) is 114 Å². The first-order valence-corrected chi connectivity index (χ1v) is 30.7. The molecule has 5 N–H and O–H groups in total. The lowest BCUT2D eigenvalue weighted by Gasteiger charge is -2.41. The number of pyridine rings is 2. The molecule has 5 aliphatic heterocycles. The van der Waals surface area contributed by atoms with E-state index in [1.54, 1.807) is 24.8 Å². The van der Waals surface area contributed by atoms with Crippen molar-refractivity contribution in [3.8, 4) is 34.6 Å². The van der Waals surface area contributed by atoms with Gasteiger partial charge in [0.05, 0.1) is 55.9 Å². The fraction of sp³-hybridized carbons (Fsp3) is 0.413. The first kappa shape index (κ1) is 59.5. The van der Waals surface area contributed by atoms with Crippen LogP contribution >= 0.6 is 22.9 Å². The molecule has 3 aromatic carbocycles. The number of thiophene rings is 1. The number of hydrogen-bond acceptors (Lipinski definition) is 17. The molecule has 3 fully saturated rings. The molecule has 6 aliphatic rings. The second-order valence-electron chi connectivity index (χ2n) is 23.9. The van der Waals surface area contributed by atoms with Gasteiger partial charge in [0.25, 0.3) is 11.5 Å². The maximum atomic E-state index is 17.5. The van der Waals surface area contributed by atoms with Gasteiger partial charge in [0.1, 0.15) is 60.0 Å². The third kappa shape index (κ3) is 9.84. The Morgan fingerprint density at radius 1 is 1.06 bits per heavy atom. The van der Waals surface area contributed by atoms with E-state index >= 15 is 13.2 Å². The molecule has 5 atom stereocenters. The minimum Gasteiger partial charge on any atom is -0.461 e. The van der Waals surface area contributed by atoms with Gasteiger partial charge < -0.3 is 50.1 Å². The number of nitriles is 1. The average molecular weight is 1260 g/mol. The van der Waals surface area contributed by atoms with Gasteiger partial charge in [-0.2, -0.15) is 15.2 Å².